The molecule has 4 fully saturated rings. The average Bonchev–Trinajstić information content (AvgIpc) is 2.84. The first-order valence-corrected chi connectivity index (χ1v) is 12.1. The van der Waals surface area contributed by atoms with Crippen LogP contribution >= 0.6 is 0 Å². The maximum Gasteiger partial charge on any atom is 0.252 e. The highest BCUT2D eigenvalue weighted by molar-refractivity contribution is 6.07. The van der Waals surface area contributed by atoms with Crippen LogP contribution in [0.15, 0.2) is 48.5 Å². The molecule has 0 spiro atoms. The number of carbonyl (C=O) groups is 1. The molecule has 0 radical (unpaired) electrons. The monoisotopic (exact) mass is 442 g/mol. The Bertz CT molecular complexity index is 1190. The predicted molar refractivity (Wildman–Crippen MR) is 129 cm³/mol. The van der Waals surface area contributed by atoms with E-state index in [9.17, 15) is 4.79 Å². The van der Waals surface area contributed by atoms with Crippen LogP contribution in [0.4, 0.5) is 0 Å². The van der Waals surface area contributed by atoms with E-state index < -0.39 is 0 Å². The minimum Gasteiger partial charge on any atom is -0.493 e. The molecular weight excluding hydrogens is 412 g/mol. The van der Waals surface area contributed by atoms with Crippen molar-refractivity contribution in [1.29, 1.82) is 0 Å². The summed E-state index contributed by atoms with van der Waals surface area (Å²) in [5.41, 5.74) is 3.16. The molecule has 0 aliphatic heterocycles. The lowest BCUT2D eigenvalue weighted by atomic mass is 9.54. The molecule has 3 aromatic rings. The van der Waals surface area contributed by atoms with Crippen molar-refractivity contribution in [3.05, 3.63) is 54.1 Å². The number of carbonyl (C=O) groups excluding carboxylic acids is 1. The summed E-state index contributed by atoms with van der Waals surface area (Å²) in [5.74, 6) is 4.39. The number of nitrogens with one attached hydrogen (secondary N) is 1. The standard InChI is InChI=1S/C28H30N2O3/c1-32-25-8-7-18(14-26(25)33-2)24-15-22(21-5-3-4-6-23(21)29-24)28(31)30-27-19-10-16-9-17(12-19)13-20(27)11-16/h3-8,14-17,19-20,27H,9-13H2,1-2H3,(H,30,31). The predicted octanol–water partition coefficient (Wildman–Crippen LogP) is 5.47. The van der Waals surface area contributed by atoms with E-state index in [-0.39, 0.29) is 5.91 Å². The van der Waals surface area contributed by atoms with E-state index in [1.807, 2.05) is 48.5 Å². The molecule has 0 atom stereocenters. The molecule has 1 aromatic heterocycles. The third kappa shape index (κ3) is 3.54. The molecule has 5 heteroatoms. The summed E-state index contributed by atoms with van der Waals surface area (Å²) >= 11 is 0. The minimum atomic E-state index is 0.0211. The zero-order valence-corrected chi connectivity index (χ0v) is 19.2. The highest BCUT2D eigenvalue weighted by Gasteiger charge is 2.48. The van der Waals surface area contributed by atoms with E-state index in [1.54, 1.807) is 14.2 Å². The molecule has 7 rings (SSSR count). The molecule has 4 aliphatic rings. The molecule has 2 aromatic carbocycles. The molecule has 5 nitrogen and oxygen atoms in total. The topological polar surface area (TPSA) is 60.5 Å². The molecule has 4 saturated carbocycles. The van der Waals surface area contributed by atoms with Gasteiger partial charge >= 0.3 is 0 Å². The number of aromatic nitrogens is 1. The van der Waals surface area contributed by atoms with Crippen molar-refractivity contribution in [2.45, 2.75) is 38.1 Å². The van der Waals surface area contributed by atoms with Crippen molar-refractivity contribution in [3.8, 4) is 22.8 Å². The fraction of sp³-hybridized carbons (Fsp3) is 0.429. The lowest BCUT2D eigenvalue weighted by Crippen LogP contribution is -2.55. The lowest BCUT2D eigenvalue weighted by Gasteiger charge is -2.54. The van der Waals surface area contributed by atoms with Gasteiger partial charge in [0, 0.05) is 17.0 Å². The second kappa shape index (κ2) is 8.05. The van der Waals surface area contributed by atoms with Crippen molar-refractivity contribution < 1.29 is 14.3 Å². The van der Waals surface area contributed by atoms with Crippen molar-refractivity contribution in [1.82, 2.24) is 10.3 Å². The Morgan fingerprint density at radius 3 is 2.27 bits per heavy atom. The van der Waals surface area contributed by atoms with Crippen LogP contribution in [0.5, 0.6) is 11.5 Å². The van der Waals surface area contributed by atoms with Gasteiger partial charge in [-0.3, -0.25) is 4.79 Å². The van der Waals surface area contributed by atoms with Crippen LogP contribution in [0.25, 0.3) is 22.2 Å². The number of amides is 1. The van der Waals surface area contributed by atoms with Crippen LogP contribution in [-0.4, -0.2) is 31.2 Å². The van der Waals surface area contributed by atoms with E-state index in [0.717, 1.165) is 34.0 Å². The van der Waals surface area contributed by atoms with E-state index >= 15 is 0 Å². The number of methoxy groups -OCH3 is 2. The molecule has 1 N–H and O–H groups in total. The van der Waals surface area contributed by atoms with Crippen molar-refractivity contribution in [2.24, 2.45) is 23.7 Å². The molecule has 170 valence electrons. The Balaban J connectivity index is 1.37. The van der Waals surface area contributed by atoms with Gasteiger partial charge in [-0.2, -0.15) is 0 Å². The van der Waals surface area contributed by atoms with Gasteiger partial charge in [0.25, 0.3) is 5.91 Å². The van der Waals surface area contributed by atoms with Crippen molar-refractivity contribution in [2.75, 3.05) is 14.2 Å². The van der Waals surface area contributed by atoms with Gasteiger partial charge < -0.3 is 14.8 Å². The van der Waals surface area contributed by atoms with Gasteiger partial charge in [-0.15, -0.1) is 0 Å². The molecule has 4 bridgehead atoms. The van der Waals surface area contributed by atoms with Gasteiger partial charge in [0.15, 0.2) is 11.5 Å². The van der Waals surface area contributed by atoms with Gasteiger partial charge in [-0.1, -0.05) is 18.2 Å². The first kappa shape index (κ1) is 20.5. The summed E-state index contributed by atoms with van der Waals surface area (Å²) in [4.78, 5) is 18.5. The summed E-state index contributed by atoms with van der Waals surface area (Å²) in [7, 11) is 3.25. The van der Waals surface area contributed by atoms with E-state index in [2.05, 4.69) is 5.32 Å². The number of hydrogen-bond acceptors (Lipinski definition) is 4. The summed E-state index contributed by atoms with van der Waals surface area (Å²) in [6, 6.07) is 15.9. The number of nitrogens with zero attached hydrogens (tertiary/aromatic N) is 1. The summed E-state index contributed by atoms with van der Waals surface area (Å²) < 4.78 is 10.9. The Labute approximate surface area is 194 Å². The van der Waals surface area contributed by atoms with Crippen LogP contribution < -0.4 is 14.8 Å². The summed E-state index contributed by atoms with van der Waals surface area (Å²) in [6.45, 7) is 0. The first-order valence-electron chi connectivity index (χ1n) is 12.1. The highest BCUT2D eigenvalue weighted by atomic mass is 16.5. The van der Waals surface area contributed by atoms with Crippen LogP contribution in [0.1, 0.15) is 42.5 Å². The fourth-order valence-electron chi connectivity index (χ4n) is 6.90. The summed E-state index contributed by atoms with van der Waals surface area (Å²) in [5, 5.41) is 4.37. The number of rotatable bonds is 5. The van der Waals surface area contributed by atoms with Crippen molar-refractivity contribution >= 4 is 16.8 Å². The minimum absolute atomic E-state index is 0.0211. The Morgan fingerprint density at radius 2 is 1.58 bits per heavy atom. The van der Waals surface area contributed by atoms with Crippen LogP contribution in [-0.2, 0) is 0 Å². The number of benzene rings is 2. The Hall–Kier alpha value is -3.08. The van der Waals surface area contributed by atoms with Crippen molar-refractivity contribution in [3.63, 3.8) is 0 Å². The molecule has 33 heavy (non-hydrogen) atoms. The van der Waals surface area contributed by atoms with Gasteiger partial charge in [-0.05, 0) is 86.1 Å². The molecule has 1 heterocycles. The number of ether oxygens (including phenoxy) is 2. The molecular formula is C28H30N2O3. The molecule has 4 aliphatic carbocycles. The Morgan fingerprint density at radius 1 is 0.879 bits per heavy atom. The maximum atomic E-state index is 13.7. The molecule has 0 saturated heterocycles. The van der Waals surface area contributed by atoms with Crippen LogP contribution in [0, 0.1) is 23.7 Å². The van der Waals surface area contributed by atoms with Gasteiger partial charge in [0.05, 0.1) is 31.0 Å². The van der Waals surface area contributed by atoms with Gasteiger partial charge in [-0.25, -0.2) is 4.98 Å². The summed E-state index contributed by atoms with van der Waals surface area (Å²) in [6.07, 6.45) is 6.55. The largest absolute Gasteiger partial charge is 0.493 e. The third-order valence-corrected chi connectivity index (χ3v) is 8.16. The third-order valence-electron chi connectivity index (χ3n) is 8.16. The van der Waals surface area contributed by atoms with E-state index in [0.29, 0.717) is 34.9 Å². The number of fused-ring (bicyclic) bond motifs is 1. The zero-order valence-electron chi connectivity index (χ0n) is 19.2. The quantitative estimate of drug-likeness (QED) is 0.569. The number of para-hydroxylation sites is 1. The maximum absolute atomic E-state index is 13.7. The van der Waals surface area contributed by atoms with E-state index in [4.69, 9.17) is 14.5 Å². The molecule has 1 amide bonds. The van der Waals surface area contributed by atoms with Gasteiger partial charge in [0.1, 0.15) is 0 Å². The van der Waals surface area contributed by atoms with Crippen LogP contribution in [0.2, 0.25) is 0 Å². The molecule has 0 unspecified atom stereocenters. The number of pyridine rings is 1. The average molecular weight is 443 g/mol. The normalized spacial score (nSPS) is 27.5. The van der Waals surface area contributed by atoms with Crippen LogP contribution in [0.3, 0.4) is 0 Å². The smallest absolute Gasteiger partial charge is 0.252 e. The Kier molecular flexibility index (Phi) is 5.01. The zero-order chi connectivity index (χ0) is 22.5. The fourth-order valence-corrected chi connectivity index (χ4v) is 6.90. The lowest BCUT2D eigenvalue weighted by molar-refractivity contribution is -0.0119. The second-order valence-corrected chi connectivity index (χ2v) is 10.1. The highest BCUT2D eigenvalue weighted by Crippen LogP contribution is 2.53. The second-order valence-electron chi connectivity index (χ2n) is 10.1. The number of hydrogen-bond donors (Lipinski definition) is 1. The first-order chi connectivity index (χ1) is 16.1. The van der Waals surface area contributed by atoms with Gasteiger partial charge in [0.2, 0.25) is 0 Å². The SMILES string of the molecule is COc1ccc(-c2cc(C(=O)NC3C4CC5CC(C4)CC3C5)c3ccccc3n2)cc1OC. The van der Waals surface area contributed by atoms with E-state index in [1.165, 1.54) is 32.1 Å².